The molecule has 17 heavy (non-hydrogen) atoms. The zero-order valence-electron chi connectivity index (χ0n) is 8.77. The third-order valence-corrected chi connectivity index (χ3v) is 2.39. The number of hydrogen-bond acceptors (Lipinski definition) is 3. The van der Waals surface area contributed by atoms with Crippen LogP contribution in [0.5, 0.6) is 0 Å². The molecular formula is C11H10FN3O2. The van der Waals surface area contributed by atoms with Crippen molar-refractivity contribution in [2.45, 2.75) is 6.54 Å². The van der Waals surface area contributed by atoms with E-state index >= 15 is 0 Å². The van der Waals surface area contributed by atoms with Gasteiger partial charge in [0, 0.05) is 23.7 Å². The minimum Gasteiger partial charge on any atom is -0.465 e. The van der Waals surface area contributed by atoms with Crippen LogP contribution in [0.1, 0.15) is 5.56 Å². The number of nitrogens with two attached hydrogens (primary N) is 1. The molecule has 0 atom stereocenters. The summed E-state index contributed by atoms with van der Waals surface area (Å²) in [6.45, 7) is -0.0840. The van der Waals surface area contributed by atoms with Crippen LogP contribution in [-0.2, 0) is 6.54 Å². The number of anilines is 1. The molecule has 2 aromatic rings. The van der Waals surface area contributed by atoms with Crippen LogP contribution in [0.25, 0.3) is 10.8 Å². The number of carboxylic acid groups (broad SMARTS) is 1. The molecule has 1 amide bonds. The lowest BCUT2D eigenvalue weighted by atomic mass is 10.1. The van der Waals surface area contributed by atoms with Gasteiger partial charge in [0.15, 0.2) is 0 Å². The van der Waals surface area contributed by atoms with Gasteiger partial charge in [0.2, 0.25) is 0 Å². The van der Waals surface area contributed by atoms with Gasteiger partial charge in [0.25, 0.3) is 0 Å². The van der Waals surface area contributed by atoms with Crippen LogP contribution in [0.2, 0.25) is 0 Å². The van der Waals surface area contributed by atoms with E-state index in [1.807, 2.05) is 0 Å². The number of rotatable bonds is 2. The molecule has 1 aromatic heterocycles. The maximum absolute atomic E-state index is 13.6. The summed E-state index contributed by atoms with van der Waals surface area (Å²) in [5, 5.41) is 11.8. The zero-order chi connectivity index (χ0) is 12.4. The molecule has 4 N–H and O–H groups in total. The maximum Gasteiger partial charge on any atom is 0.404 e. The largest absolute Gasteiger partial charge is 0.465 e. The van der Waals surface area contributed by atoms with E-state index in [0.717, 1.165) is 5.39 Å². The lowest BCUT2D eigenvalue weighted by Crippen LogP contribution is -2.20. The first-order chi connectivity index (χ1) is 8.08. The Bertz CT molecular complexity index is 586. The van der Waals surface area contributed by atoms with Gasteiger partial charge in [0.1, 0.15) is 11.6 Å². The van der Waals surface area contributed by atoms with E-state index in [4.69, 9.17) is 10.8 Å². The molecule has 2 rings (SSSR count). The standard InChI is InChI=1S/C11H10FN3O2/c12-9-4-8-6(1-2-14-10(8)13)3-7(9)5-15-11(16)17/h1-4,15H,5H2,(H2,13,14)(H,16,17). The quantitative estimate of drug-likeness (QED) is 0.739. The fraction of sp³-hybridized carbons (Fsp3) is 0.0909. The van der Waals surface area contributed by atoms with Crippen molar-refractivity contribution in [3.05, 3.63) is 35.8 Å². The highest BCUT2D eigenvalue weighted by Crippen LogP contribution is 2.22. The van der Waals surface area contributed by atoms with Crippen LogP contribution in [0.4, 0.5) is 15.0 Å². The third kappa shape index (κ3) is 2.25. The van der Waals surface area contributed by atoms with Gasteiger partial charge in [-0.2, -0.15) is 0 Å². The lowest BCUT2D eigenvalue weighted by Gasteiger charge is -2.07. The molecule has 1 heterocycles. The molecule has 0 spiro atoms. The van der Waals surface area contributed by atoms with Crippen LogP contribution < -0.4 is 11.1 Å². The Morgan fingerprint density at radius 2 is 2.29 bits per heavy atom. The van der Waals surface area contributed by atoms with Crippen molar-refractivity contribution in [2.75, 3.05) is 5.73 Å². The predicted octanol–water partition coefficient (Wildman–Crippen LogP) is 1.72. The topological polar surface area (TPSA) is 88.2 Å². The lowest BCUT2D eigenvalue weighted by molar-refractivity contribution is 0.194. The van der Waals surface area contributed by atoms with Gasteiger partial charge >= 0.3 is 6.09 Å². The monoisotopic (exact) mass is 235 g/mol. The number of amides is 1. The summed E-state index contributed by atoms with van der Waals surface area (Å²) >= 11 is 0. The highest BCUT2D eigenvalue weighted by molar-refractivity contribution is 5.91. The molecule has 0 fully saturated rings. The number of carbonyl (C=O) groups is 1. The fourth-order valence-electron chi connectivity index (χ4n) is 1.57. The second-order valence-electron chi connectivity index (χ2n) is 3.52. The molecule has 0 aliphatic carbocycles. The Labute approximate surface area is 96.1 Å². The Hall–Kier alpha value is -2.37. The minimum absolute atomic E-state index is 0.0840. The van der Waals surface area contributed by atoms with E-state index in [9.17, 15) is 9.18 Å². The first-order valence-corrected chi connectivity index (χ1v) is 4.87. The first kappa shape index (κ1) is 11.1. The number of nitrogen functional groups attached to an aromatic ring is 1. The number of hydrogen-bond donors (Lipinski definition) is 3. The van der Waals surface area contributed by atoms with E-state index < -0.39 is 11.9 Å². The smallest absolute Gasteiger partial charge is 0.404 e. The molecule has 88 valence electrons. The van der Waals surface area contributed by atoms with Gasteiger partial charge in [-0.05, 0) is 23.6 Å². The fourth-order valence-corrected chi connectivity index (χ4v) is 1.57. The van der Waals surface area contributed by atoms with Crippen molar-refractivity contribution in [3.63, 3.8) is 0 Å². The molecule has 6 heteroatoms. The van der Waals surface area contributed by atoms with Gasteiger partial charge in [-0.25, -0.2) is 14.2 Å². The number of benzene rings is 1. The second-order valence-corrected chi connectivity index (χ2v) is 3.52. The summed E-state index contributed by atoms with van der Waals surface area (Å²) < 4.78 is 13.6. The van der Waals surface area contributed by atoms with Crippen molar-refractivity contribution in [2.24, 2.45) is 0 Å². The van der Waals surface area contributed by atoms with Crippen molar-refractivity contribution in [1.82, 2.24) is 10.3 Å². The van der Waals surface area contributed by atoms with Gasteiger partial charge in [-0.15, -0.1) is 0 Å². The Morgan fingerprint density at radius 3 is 3.00 bits per heavy atom. The van der Waals surface area contributed by atoms with Crippen molar-refractivity contribution in [3.8, 4) is 0 Å². The Kier molecular flexibility index (Phi) is 2.78. The highest BCUT2D eigenvalue weighted by atomic mass is 19.1. The number of aromatic nitrogens is 1. The number of pyridine rings is 1. The third-order valence-electron chi connectivity index (χ3n) is 2.39. The molecule has 0 bridgehead atoms. The van der Waals surface area contributed by atoms with Gasteiger partial charge in [-0.3, -0.25) is 0 Å². The van der Waals surface area contributed by atoms with E-state index in [2.05, 4.69) is 10.3 Å². The first-order valence-electron chi connectivity index (χ1n) is 4.87. The number of nitrogens with one attached hydrogen (secondary N) is 1. The molecule has 0 saturated heterocycles. The average Bonchev–Trinajstić information content (AvgIpc) is 2.28. The summed E-state index contributed by atoms with van der Waals surface area (Å²) in [5.41, 5.74) is 5.88. The van der Waals surface area contributed by atoms with Crippen molar-refractivity contribution in [1.29, 1.82) is 0 Å². The molecule has 0 saturated carbocycles. The van der Waals surface area contributed by atoms with Gasteiger partial charge in [-0.1, -0.05) is 0 Å². The van der Waals surface area contributed by atoms with Crippen molar-refractivity contribution < 1.29 is 14.3 Å². The molecule has 0 aliphatic rings. The zero-order valence-corrected chi connectivity index (χ0v) is 8.77. The summed E-state index contributed by atoms with van der Waals surface area (Å²) in [5.74, 6) is -0.259. The molecule has 5 nitrogen and oxygen atoms in total. The number of fused-ring (bicyclic) bond motifs is 1. The molecular weight excluding hydrogens is 225 g/mol. The number of halogens is 1. The van der Waals surface area contributed by atoms with Crippen LogP contribution in [-0.4, -0.2) is 16.2 Å². The van der Waals surface area contributed by atoms with Crippen LogP contribution in [0.3, 0.4) is 0 Å². The predicted molar refractivity (Wildman–Crippen MR) is 61.0 cm³/mol. The second kappa shape index (κ2) is 4.25. The normalized spacial score (nSPS) is 10.4. The molecule has 0 aliphatic heterocycles. The summed E-state index contributed by atoms with van der Waals surface area (Å²) in [7, 11) is 0. The van der Waals surface area contributed by atoms with Gasteiger partial charge in [0.05, 0.1) is 0 Å². The SMILES string of the molecule is Nc1nccc2cc(CNC(=O)O)c(F)cc12. The molecule has 1 aromatic carbocycles. The van der Waals surface area contributed by atoms with Crippen LogP contribution in [0, 0.1) is 5.82 Å². The van der Waals surface area contributed by atoms with E-state index in [1.54, 1.807) is 12.1 Å². The van der Waals surface area contributed by atoms with E-state index in [-0.39, 0.29) is 17.9 Å². The summed E-state index contributed by atoms with van der Waals surface area (Å²) in [4.78, 5) is 14.2. The minimum atomic E-state index is -1.20. The van der Waals surface area contributed by atoms with E-state index in [0.29, 0.717) is 5.39 Å². The average molecular weight is 235 g/mol. The maximum atomic E-state index is 13.6. The van der Waals surface area contributed by atoms with Gasteiger partial charge < -0.3 is 16.2 Å². The van der Waals surface area contributed by atoms with Crippen LogP contribution in [0.15, 0.2) is 24.4 Å². The number of nitrogens with zero attached hydrogens (tertiary/aromatic N) is 1. The highest BCUT2D eigenvalue weighted by Gasteiger charge is 2.08. The Balaban J connectivity index is 2.45. The Morgan fingerprint density at radius 1 is 1.53 bits per heavy atom. The van der Waals surface area contributed by atoms with Crippen molar-refractivity contribution >= 4 is 22.7 Å². The molecule has 0 unspecified atom stereocenters. The summed E-state index contributed by atoms with van der Waals surface area (Å²) in [6.07, 6.45) is 0.322. The molecule has 0 radical (unpaired) electrons. The van der Waals surface area contributed by atoms with Crippen LogP contribution >= 0.6 is 0 Å². The van der Waals surface area contributed by atoms with E-state index in [1.165, 1.54) is 12.3 Å². The summed E-state index contributed by atoms with van der Waals surface area (Å²) in [6, 6.07) is 4.50.